The molecule has 120 valence electrons. The maximum absolute atomic E-state index is 12.7. The minimum Gasteiger partial charge on any atom is -0.508 e. The van der Waals surface area contributed by atoms with Gasteiger partial charge >= 0.3 is 0 Å². The maximum Gasteiger partial charge on any atom is 0.257 e. The van der Waals surface area contributed by atoms with Crippen LogP contribution < -0.4 is 9.64 Å². The van der Waals surface area contributed by atoms with E-state index in [0.29, 0.717) is 24.4 Å². The lowest BCUT2D eigenvalue weighted by Crippen LogP contribution is -2.48. The van der Waals surface area contributed by atoms with Gasteiger partial charge in [-0.1, -0.05) is 12.1 Å². The van der Waals surface area contributed by atoms with Crippen LogP contribution in [0.3, 0.4) is 0 Å². The van der Waals surface area contributed by atoms with Crippen molar-refractivity contribution >= 4 is 11.6 Å². The summed E-state index contributed by atoms with van der Waals surface area (Å²) in [5, 5.41) is 9.36. The lowest BCUT2D eigenvalue weighted by molar-refractivity contribution is 0.0743. The van der Waals surface area contributed by atoms with E-state index in [1.165, 1.54) is 0 Å². The van der Waals surface area contributed by atoms with Gasteiger partial charge in [0.1, 0.15) is 11.5 Å². The summed E-state index contributed by atoms with van der Waals surface area (Å²) in [7, 11) is 1.58. The van der Waals surface area contributed by atoms with Crippen LogP contribution in [-0.2, 0) is 0 Å². The molecule has 0 aliphatic carbocycles. The van der Waals surface area contributed by atoms with Crippen LogP contribution in [0.4, 0.5) is 5.69 Å². The Balaban J connectivity index is 1.66. The minimum atomic E-state index is 0.00723. The molecule has 0 atom stereocenters. The van der Waals surface area contributed by atoms with Crippen LogP contribution >= 0.6 is 0 Å². The Morgan fingerprint density at radius 3 is 2.30 bits per heavy atom. The van der Waals surface area contributed by atoms with Gasteiger partial charge in [0.25, 0.3) is 5.91 Å². The number of carbonyl (C=O) groups is 1. The molecule has 2 aromatic rings. The number of methoxy groups -OCH3 is 1. The third-order valence-corrected chi connectivity index (χ3v) is 4.12. The van der Waals surface area contributed by atoms with Crippen LogP contribution in [0, 0.1) is 0 Å². The summed E-state index contributed by atoms with van der Waals surface area (Å²) in [4.78, 5) is 16.7. The third kappa shape index (κ3) is 3.23. The lowest BCUT2D eigenvalue weighted by Gasteiger charge is -2.36. The standard InChI is InChI=1S/C18H20N2O3/c1-23-17-5-3-2-4-16(17)18(22)20-12-10-19(11-13-20)14-6-8-15(21)9-7-14/h2-9,21H,10-13H2,1H3. The number of anilines is 1. The molecule has 3 rings (SSSR count). The van der Waals surface area contributed by atoms with E-state index in [2.05, 4.69) is 4.90 Å². The zero-order valence-corrected chi connectivity index (χ0v) is 13.1. The summed E-state index contributed by atoms with van der Waals surface area (Å²) in [6.07, 6.45) is 0. The Bertz CT molecular complexity index is 677. The Morgan fingerprint density at radius 2 is 1.65 bits per heavy atom. The molecule has 5 heteroatoms. The van der Waals surface area contributed by atoms with Crippen LogP contribution in [0.15, 0.2) is 48.5 Å². The van der Waals surface area contributed by atoms with E-state index in [1.807, 2.05) is 29.2 Å². The summed E-state index contributed by atoms with van der Waals surface area (Å²) in [6, 6.07) is 14.5. The molecule has 0 unspecified atom stereocenters. The number of piperazine rings is 1. The van der Waals surface area contributed by atoms with Crippen LogP contribution in [-0.4, -0.2) is 49.2 Å². The molecular weight excluding hydrogens is 292 g/mol. The van der Waals surface area contributed by atoms with Gasteiger partial charge in [0.05, 0.1) is 12.7 Å². The first-order chi connectivity index (χ1) is 11.2. The highest BCUT2D eigenvalue weighted by molar-refractivity contribution is 5.97. The Kier molecular flexibility index (Phi) is 4.37. The molecular formula is C18H20N2O3. The number of hydrogen-bond acceptors (Lipinski definition) is 4. The lowest BCUT2D eigenvalue weighted by atomic mass is 10.1. The SMILES string of the molecule is COc1ccccc1C(=O)N1CCN(c2ccc(O)cc2)CC1. The normalized spacial score (nSPS) is 14.7. The predicted molar refractivity (Wildman–Crippen MR) is 89.2 cm³/mol. The van der Waals surface area contributed by atoms with Crippen molar-refractivity contribution in [1.82, 2.24) is 4.90 Å². The highest BCUT2D eigenvalue weighted by Crippen LogP contribution is 2.22. The smallest absolute Gasteiger partial charge is 0.257 e. The third-order valence-electron chi connectivity index (χ3n) is 4.12. The van der Waals surface area contributed by atoms with Gasteiger partial charge in [0.15, 0.2) is 0 Å². The zero-order chi connectivity index (χ0) is 16.2. The van der Waals surface area contributed by atoms with E-state index in [-0.39, 0.29) is 11.7 Å². The summed E-state index contributed by atoms with van der Waals surface area (Å²) >= 11 is 0. The van der Waals surface area contributed by atoms with Gasteiger partial charge in [0.2, 0.25) is 0 Å². The fourth-order valence-corrected chi connectivity index (χ4v) is 2.82. The molecule has 1 N–H and O–H groups in total. The van der Waals surface area contributed by atoms with Gasteiger partial charge < -0.3 is 19.6 Å². The molecule has 0 spiro atoms. The van der Waals surface area contributed by atoms with Gasteiger partial charge in [-0.25, -0.2) is 0 Å². The van der Waals surface area contributed by atoms with E-state index in [9.17, 15) is 9.90 Å². The number of nitrogens with zero attached hydrogens (tertiary/aromatic N) is 2. The molecule has 0 saturated carbocycles. The summed E-state index contributed by atoms with van der Waals surface area (Å²) < 4.78 is 5.28. The topological polar surface area (TPSA) is 53.0 Å². The first-order valence-corrected chi connectivity index (χ1v) is 7.65. The molecule has 0 bridgehead atoms. The Labute approximate surface area is 135 Å². The van der Waals surface area contributed by atoms with Crippen molar-refractivity contribution in [2.45, 2.75) is 0 Å². The minimum absolute atomic E-state index is 0.00723. The first kappa shape index (κ1) is 15.2. The van der Waals surface area contributed by atoms with Crippen molar-refractivity contribution in [2.24, 2.45) is 0 Å². The fraction of sp³-hybridized carbons (Fsp3) is 0.278. The second-order valence-corrected chi connectivity index (χ2v) is 5.50. The zero-order valence-electron chi connectivity index (χ0n) is 13.1. The molecule has 5 nitrogen and oxygen atoms in total. The molecule has 0 aromatic heterocycles. The van der Waals surface area contributed by atoms with Gasteiger partial charge in [-0.2, -0.15) is 0 Å². The molecule has 0 radical (unpaired) electrons. The van der Waals surface area contributed by atoms with Crippen molar-refractivity contribution in [3.63, 3.8) is 0 Å². The average molecular weight is 312 g/mol. The highest BCUT2D eigenvalue weighted by Gasteiger charge is 2.24. The number of carbonyl (C=O) groups excluding carboxylic acids is 1. The van der Waals surface area contributed by atoms with Crippen LogP contribution in [0.25, 0.3) is 0 Å². The Hall–Kier alpha value is -2.69. The van der Waals surface area contributed by atoms with Gasteiger partial charge in [-0.05, 0) is 36.4 Å². The van der Waals surface area contributed by atoms with Crippen molar-refractivity contribution in [3.05, 3.63) is 54.1 Å². The number of phenolic OH excluding ortho intramolecular Hbond substituents is 1. The van der Waals surface area contributed by atoms with E-state index < -0.39 is 0 Å². The molecule has 1 aliphatic heterocycles. The Morgan fingerprint density at radius 1 is 1.00 bits per heavy atom. The number of phenols is 1. The number of rotatable bonds is 3. The van der Waals surface area contributed by atoms with Gasteiger partial charge in [-0.3, -0.25) is 4.79 Å². The van der Waals surface area contributed by atoms with Gasteiger partial charge in [-0.15, -0.1) is 0 Å². The number of amides is 1. The largest absolute Gasteiger partial charge is 0.508 e. The summed E-state index contributed by atoms with van der Waals surface area (Å²) in [6.45, 7) is 2.87. The molecule has 1 amide bonds. The van der Waals surface area contributed by atoms with Crippen molar-refractivity contribution in [2.75, 3.05) is 38.2 Å². The molecule has 1 aliphatic rings. The summed E-state index contributed by atoms with van der Waals surface area (Å²) in [5.41, 5.74) is 1.67. The highest BCUT2D eigenvalue weighted by atomic mass is 16.5. The van der Waals surface area contributed by atoms with E-state index >= 15 is 0 Å². The molecule has 1 fully saturated rings. The first-order valence-electron chi connectivity index (χ1n) is 7.65. The van der Waals surface area contributed by atoms with Crippen LogP contribution in [0.1, 0.15) is 10.4 Å². The number of hydrogen-bond donors (Lipinski definition) is 1. The second kappa shape index (κ2) is 6.60. The monoisotopic (exact) mass is 312 g/mol. The fourth-order valence-electron chi connectivity index (χ4n) is 2.82. The number of ether oxygens (including phenoxy) is 1. The van der Waals surface area contributed by atoms with E-state index in [0.717, 1.165) is 18.8 Å². The quantitative estimate of drug-likeness (QED) is 0.945. The van der Waals surface area contributed by atoms with Crippen molar-refractivity contribution in [3.8, 4) is 11.5 Å². The van der Waals surface area contributed by atoms with Gasteiger partial charge in [0, 0.05) is 31.9 Å². The molecule has 1 heterocycles. The van der Waals surface area contributed by atoms with Crippen LogP contribution in [0.2, 0.25) is 0 Å². The predicted octanol–water partition coefficient (Wildman–Crippen LogP) is 2.36. The second-order valence-electron chi connectivity index (χ2n) is 5.50. The number of para-hydroxylation sites is 1. The molecule has 23 heavy (non-hydrogen) atoms. The van der Waals surface area contributed by atoms with Crippen molar-refractivity contribution in [1.29, 1.82) is 0 Å². The number of benzene rings is 2. The van der Waals surface area contributed by atoms with E-state index in [1.54, 1.807) is 31.4 Å². The summed E-state index contributed by atoms with van der Waals surface area (Å²) in [5.74, 6) is 0.880. The van der Waals surface area contributed by atoms with E-state index in [4.69, 9.17) is 4.74 Å². The van der Waals surface area contributed by atoms with Crippen molar-refractivity contribution < 1.29 is 14.6 Å². The maximum atomic E-state index is 12.7. The molecule has 1 saturated heterocycles. The average Bonchev–Trinajstić information content (AvgIpc) is 2.62. The van der Waals surface area contributed by atoms with Crippen LogP contribution in [0.5, 0.6) is 11.5 Å². The number of aromatic hydroxyl groups is 1. The molecule has 2 aromatic carbocycles.